The molecule has 1 aliphatic rings. The molecule has 1 amide bonds. The lowest BCUT2D eigenvalue weighted by molar-refractivity contribution is -0.125. The standard InChI is InChI=1S/C15H21FN2O2.ClH/c1-20-14-5-4-11(9-13(14)16)6-8-18-15(19)12-3-2-7-17-10-12;/h4-5,9,12,17H,2-3,6-8,10H2,1H3,(H,18,19);1H. The molecule has 1 aliphatic heterocycles. The van der Waals surface area contributed by atoms with E-state index in [1.807, 2.05) is 6.07 Å². The van der Waals surface area contributed by atoms with E-state index in [-0.39, 0.29) is 35.8 Å². The fourth-order valence-electron chi connectivity index (χ4n) is 2.42. The van der Waals surface area contributed by atoms with Gasteiger partial charge in [-0.25, -0.2) is 4.39 Å². The van der Waals surface area contributed by atoms with E-state index < -0.39 is 0 Å². The fraction of sp³-hybridized carbons (Fsp3) is 0.533. The number of nitrogens with one attached hydrogen (secondary N) is 2. The first kappa shape index (κ1) is 17.7. The summed E-state index contributed by atoms with van der Waals surface area (Å²) in [4.78, 5) is 11.9. The Balaban J connectivity index is 0.00000220. The molecule has 118 valence electrons. The van der Waals surface area contributed by atoms with Crippen molar-refractivity contribution in [3.8, 4) is 5.75 Å². The summed E-state index contributed by atoms with van der Waals surface area (Å²) in [5, 5.41) is 6.14. The smallest absolute Gasteiger partial charge is 0.224 e. The van der Waals surface area contributed by atoms with E-state index in [1.54, 1.807) is 6.07 Å². The van der Waals surface area contributed by atoms with Crippen molar-refractivity contribution in [2.45, 2.75) is 19.3 Å². The molecule has 1 aromatic rings. The highest BCUT2D eigenvalue weighted by Crippen LogP contribution is 2.17. The number of amides is 1. The van der Waals surface area contributed by atoms with E-state index in [2.05, 4.69) is 10.6 Å². The van der Waals surface area contributed by atoms with Gasteiger partial charge in [0.2, 0.25) is 5.91 Å². The van der Waals surface area contributed by atoms with Crippen LogP contribution in [-0.2, 0) is 11.2 Å². The Morgan fingerprint density at radius 3 is 2.95 bits per heavy atom. The van der Waals surface area contributed by atoms with Crippen molar-refractivity contribution in [1.82, 2.24) is 10.6 Å². The molecule has 1 aromatic carbocycles. The largest absolute Gasteiger partial charge is 0.494 e. The van der Waals surface area contributed by atoms with Gasteiger partial charge in [0, 0.05) is 13.1 Å². The predicted octanol–water partition coefficient (Wildman–Crippen LogP) is 1.91. The van der Waals surface area contributed by atoms with Gasteiger partial charge in [0.05, 0.1) is 13.0 Å². The highest BCUT2D eigenvalue weighted by Gasteiger charge is 2.20. The Kier molecular flexibility index (Phi) is 7.47. The number of rotatable bonds is 5. The van der Waals surface area contributed by atoms with Crippen LogP contribution in [0.1, 0.15) is 18.4 Å². The Bertz CT molecular complexity index is 465. The lowest BCUT2D eigenvalue weighted by atomic mass is 9.99. The predicted molar refractivity (Wildman–Crippen MR) is 82.5 cm³/mol. The van der Waals surface area contributed by atoms with Gasteiger partial charge in [-0.05, 0) is 43.5 Å². The minimum atomic E-state index is -0.368. The number of ether oxygens (including phenoxy) is 1. The van der Waals surface area contributed by atoms with Gasteiger partial charge >= 0.3 is 0 Å². The average Bonchev–Trinajstić information content (AvgIpc) is 2.48. The van der Waals surface area contributed by atoms with Crippen LogP contribution in [0.15, 0.2) is 18.2 Å². The van der Waals surface area contributed by atoms with Gasteiger partial charge in [-0.3, -0.25) is 4.79 Å². The maximum absolute atomic E-state index is 13.5. The van der Waals surface area contributed by atoms with Crippen LogP contribution < -0.4 is 15.4 Å². The van der Waals surface area contributed by atoms with E-state index in [4.69, 9.17) is 4.74 Å². The van der Waals surface area contributed by atoms with Gasteiger partial charge < -0.3 is 15.4 Å². The zero-order valence-corrected chi connectivity index (χ0v) is 13.0. The van der Waals surface area contributed by atoms with Gasteiger partial charge in [0.15, 0.2) is 11.6 Å². The molecular weight excluding hydrogens is 295 g/mol. The molecule has 0 bridgehead atoms. The molecule has 4 nitrogen and oxygen atoms in total. The molecule has 2 N–H and O–H groups in total. The van der Waals surface area contributed by atoms with E-state index in [0.29, 0.717) is 13.0 Å². The first-order chi connectivity index (χ1) is 9.70. The molecule has 0 spiro atoms. The Hall–Kier alpha value is -1.33. The first-order valence-electron chi connectivity index (χ1n) is 7.01. The summed E-state index contributed by atoms with van der Waals surface area (Å²) in [6.45, 7) is 2.28. The summed E-state index contributed by atoms with van der Waals surface area (Å²) in [5.41, 5.74) is 0.852. The van der Waals surface area contributed by atoms with Crippen molar-refractivity contribution in [1.29, 1.82) is 0 Å². The molecule has 0 aliphatic carbocycles. The van der Waals surface area contributed by atoms with Crippen LogP contribution in [0.4, 0.5) is 4.39 Å². The quantitative estimate of drug-likeness (QED) is 0.872. The Labute approximate surface area is 130 Å². The number of piperidine rings is 1. The van der Waals surface area contributed by atoms with Crippen molar-refractivity contribution in [2.24, 2.45) is 5.92 Å². The van der Waals surface area contributed by atoms with Crippen molar-refractivity contribution < 1.29 is 13.9 Å². The van der Waals surface area contributed by atoms with Crippen LogP contribution in [0.25, 0.3) is 0 Å². The van der Waals surface area contributed by atoms with Crippen molar-refractivity contribution >= 4 is 18.3 Å². The summed E-state index contributed by atoms with van der Waals surface area (Å²) in [5.74, 6) is 0.0291. The summed E-state index contributed by atoms with van der Waals surface area (Å²) < 4.78 is 18.4. The summed E-state index contributed by atoms with van der Waals surface area (Å²) >= 11 is 0. The molecule has 1 unspecified atom stereocenters. The Morgan fingerprint density at radius 1 is 1.52 bits per heavy atom. The van der Waals surface area contributed by atoms with E-state index >= 15 is 0 Å². The molecule has 0 saturated carbocycles. The second-order valence-corrected chi connectivity index (χ2v) is 5.05. The highest BCUT2D eigenvalue weighted by molar-refractivity contribution is 5.85. The molecule has 1 heterocycles. The van der Waals surface area contributed by atoms with E-state index in [1.165, 1.54) is 13.2 Å². The van der Waals surface area contributed by atoms with Crippen molar-refractivity contribution in [2.75, 3.05) is 26.7 Å². The van der Waals surface area contributed by atoms with Gasteiger partial charge in [-0.15, -0.1) is 12.4 Å². The minimum Gasteiger partial charge on any atom is -0.494 e. The van der Waals surface area contributed by atoms with E-state index in [0.717, 1.165) is 31.5 Å². The third-order valence-corrected chi connectivity index (χ3v) is 3.60. The molecule has 21 heavy (non-hydrogen) atoms. The van der Waals surface area contributed by atoms with Gasteiger partial charge in [0.1, 0.15) is 0 Å². The molecule has 1 fully saturated rings. The normalized spacial score (nSPS) is 17.7. The molecule has 2 rings (SSSR count). The number of methoxy groups -OCH3 is 1. The van der Waals surface area contributed by atoms with Crippen LogP contribution in [0, 0.1) is 11.7 Å². The van der Waals surface area contributed by atoms with Gasteiger partial charge in [-0.2, -0.15) is 0 Å². The van der Waals surface area contributed by atoms with Crippen LogP contribution in [-0.4, -0.2) is 32.7 Å². The average molecular weight is 317 g/mol. The second-order valence-electron chi connectivity index (χ2n) is 5.05. The number of carbonyl (C=O) groups excluding carboxylic acids is 1. The second kappa shape index (κ2) is 8.85. The lowest BCUT2D eigenvalue weighted by Crippen LogP contribution is -2.41. The van der Waals surface area contributed by atoms with Crippen molar-refractivity contribution in [3.63, 3.8) is 0 Å². The van der Waals surface area contributed by atoms with Crippen LogP contribution >= 0.6 is 12.4 Å². The molecule has 1 saturated heterocycles. The molecule has 0 radical (unpaired) electrons. The van der Waals surface area contributed by atoms with E-state index in [9.17, 15) is 9.18 Å². The number of benzene rings is 1. The van der Waals surface area contributed by atoms with Crippen LogP contribution in [0.3, 0.4) is 0 Å². The van der Waals surface area contributed by atoms with Gasteiger partial charge in [-0.1, -0.05) is 6.07 Å². The summed E-state index contributed by atoms with van der Waals surface area (Å²) in [7, 11) is 1.44. The third kappa shape index (κ3) is 5.17. The molecule has 6 heteroatoms. The molecule has 1 atom stereocenters. The molecule has 0 aromatic heterocycles. The molecular formula is C15H22ClFN2O2. The zero-order valence-electron chi connectivity index (χ0n) is 12.2. The number of hydrogen-bond acceptors (Lipinski definition) is 3. The van der Waals surface area contributed by atoms with Crippen molar-refractivity contribution in [3.05, 3.63) is 29.6 Å². The maximum atomic E-state index is 13.5. The number of carbonyl (C=O) groups is 1. The highest BCUT2D eigenvalue weighted by atomic mass is 35.5. The summed E-state index contributed by atoms with van der Waals surface area (Å²) in [6.07, 6.45) is 2.60. The first-order valence-corrected chi connectivity index (χ1v) is 7.01. The minimum absolute atomic E-state index is 0. The lowest BCUT2D eigenvalue weighted by Gasteiger charge is -2.21. The van der Waals surface area contributed by atoms with Crippen LogP contribution in [0.2, 0.25) is 0 Å². The summed E-state index contributed by atoms with van der Waals surface area (Å²) in [6, 6.07) is 4.88. The zero-order chi connectivity index (χ0) is 14.4. The fourth-order valence-corrected chi connectivity index (χ4v) is 2.42. The van der Waals surface area contributed by atoms with Crippen LogP contribution in [0.5, 0.6) is 5.75 Å². The van der Waals surface area contributed by atoms with Gasteiger partial charge in [0.25, 0.3) is 0 Å². The third-order valence-electron chi connectivity index (χ3n) is 3.60. The monoisotopic (exact) mass is 316 g/mol. The Morgan fingerprint density at radius 2 is 2.33 bits per heavy atom. The maximum Gasteiger partial charge on any atom is 0.224 e. The number of halogens is 2. The topological polar surface area (TPSA) is 50.4 Å². The number of hydrogen-bond donors (Lipinski definition) is 2. The SMILES string of the molecule is COc1ccc(CCNC(=O)C2CCCNC2)cc1F.Cl.